The first-order valence-electron chi connectivity index (χ1n) is 38.3. The average molecular weight is 1590 g/mol. The highest BCUT2D eigenvalue weighted by Crippen LogP contribution is 2.38. The number of primary amides is 1. The molecule has 119 heavy (non-hydrogen) atoms. The van der Waals surface area contributed by atoms with Crippen molar-refractivity contribution >= 4 is 50.0 Å². The van der Waals surface area contributed by atoms with Gasteiger partial charge in [0.05, 0.1) is 96.0 Å². The third-order valence-electron chi connectivity index (χ3n) is 19.6. The number of carbonyl (C=O) groups is 1. The van der Waals surface area contributed by atoms with Crippen molar-refractivity contribution in [1.29, 1.82) is 0 Å². The Morgan fingerprint density at radius 3 is 1.07 bits per heavy atom. The molecule has 0 saturated heterocycles. The summed E-state index contributed by atoms with van der Waals surface area (Å²) in [5.41, 5.74) is 29.7. The number of aromatic nitrogens is 24. The number of rotatable bonds is 20. The molecule has 12 aromatic heterocycles. The second-order valence-electron chi connectivity index (χ2n) is 28.7. The minimum absolute atomic E-state index is 0.242. The number of aryl methyl sites for hydroxylation is 6. The number of nitrogens with two attached hydrogens (primary N) is 1. The van der Waals surface area contributed by atoms with E-state index >= 15 is 0 Å². The minimum Gasteiger partial charge on any atom is -0.366 e. The highest BCUT2D eigenvalue weighted by molar-refractivity contribution is 5.94. The summed E-state index contributed by atoms with van der Waals surface area (Å²) < 4.78 is 57.5. The molecule has 0 saturated carbocycles. The van der Waals surface area contributed by atoms with Gasteiger partial charge in [0.25, 0.3) is 0 Å². The van der Waals surface area contributed by atoms with Gasteiger partial charge < -0.3 is 25.7 Å². The molecule has 0 spiro atoms. The lowest BCUT2D eigenvalue weighted by atomic mass is 10.1. The van der Waals surface area contributed by atoms with E-state index in [4.69, 9.17) is 25.8 Å². The molecule has 0 aliphatic heterocycles. The molecule has 0 aliphatic carbocycles. The van der Waals surface area contributed by atoms with Crippen LogP contribution < -0.4 is 5.73 Å². The van der Waals surface area contributed by atoms with Crippen molar-refractivity contribution in [1.82, 2.24) is 119 Å². The first kappa shape index (κ1) is 77.7. The molecule has 19 rings (SSSR count). The van der Waals surface area contributed by atoms with Crippen molar-refractivity contribution in [2.24, 2.45) is 5.73 Å². The predicted molar refractivity (Wildman–Crippen MR) is 448 cm³/mol. The highest BCUT2D eigenvalue weighted by atomic mass is 19.3. The van der Waals surface area contributed by atoms with Gasteiger partial charge in [0.1, 0.15) is 40.2 Å². The van der Waals surface area contributed by atoms with Crippen LogP contribution in [-0.2, 0) is 25.7 Å². The Labute approximate surface area is 678 Å². The van der Waals surface area contributed by atoms with Crippen LogP contribution in [0.1, 0.15) is 97.1 Å². The van der Waals surface area contributed by atoms with Gasteiger partial charge in [0.15, 0.2) is 0 Å². The second kappa shape index (κ2) is 34.5. The molecule has 592 valence electrons. The third-order valence-corrected chi connectivity index (χ3v) is 19.6. The summed E-state index contributed by atoms with van der Waals surface area (Å²) in [6.45, 7) is 7.10. The highest BCUT2D eigenvalue weighted by Gasteiger charge is 2.24. The summed E-state index contributed by atoms with van der Waals surface area (Å²) in [4.78, 5) is 78.4. The maximum Gasteiger partial charge on any atom is 0.333 e. The molecule has 0 radical (unpaired) electrons. The van der Waals surface area contributed by atoms with Crippen LogP contribution in [0.4, 0.5) is 17.6 Å². The van der Waals surface area contributed by atoms with E-state index in [1.807, 2.05) is 131 Å². The van der Waals surface area contributed by atoms with Gasteiger partial charge in [0.2, 0.25) is 5.91 Å². The van der Waals surface area contributed by atoms with Crippen LogP contribution in [0.2, 0.25) is 0 Å². The molecule has 0 atom stereocenters. The number of hydrogen-bond donors (Lipinski definition) is 5. The molecule has 1 amide bonds. The summed E-state index contributed by atoms with van der Waals surface area (Å²) >= 11 is 0. The van der Waals surface area contributed by atoms with Crippen molar-refractivity contribution in [3.05, 3.63) is 290 Å². The predicted octanol–water partition coefficient (Wildman–Crippen LogP) is 18.4. The largest absolute Gasteiger partial charge is 0.366 e. The summed E-state index contributed by atoms with van der Waals surface area (Å²) in [7, 11) is 0. The van der Waals surface area contributed by atoms with E-state index in [-0.39, 0.29) is 6.04 Å². The lowest BCUT2D eigenvalue weighted by molar-refractivity contribution is 0.0564. The van der Waals surface area contributed by atoms with E-state index in [1.165, 1.54) is 34.6 Å². The number of imidazole rings is 4. The number of H-pyrrole nitrogens is 4. The third kappa shape index (κ3) is 17.7. The van der Waals surface area contributed by atoms with Crippen LogP contribution in [0.5, 0.6) is 0 Å². The molecule has 12 heterocycles. The lowest BCUT2D eigenvalue weighted by Gasteiger charge is -2.04. The monoisotopic (exact) mass is 1590 g/mol. The molecule has 26 nitrogen and oxygen atoms in total. The zero-order chi connectivity index (χ0) is 82.2. The van der Waals surface area contributed by atoms with Crippen LogP contribution in [0.15, 0.2) is 251 Å². The van der Waals surface area contributed by atoms with E-state index in [0.29, 0.717) is 73.8 Å². The van der Waals surface area contributed by atoms with Gasteiger partial charge in [-0.05, 0) is 150 Å². The van der Waals surface area contributed by atoms with Crippen LogP contribution in [0.3, 0.4) is 0 Å². The molecule has 6 N–H and O–H groups in total. The molecule has 0 aliphatic rings. The van der Waals surface area contributed by atoms with E-state index in [9.17, 15) is 22.4 Å². The Morgan fingerprint density at radius 2 is 0.706 bits per heavy atom. The van der Waals surface area contributed by atoms with Gasteiger partial charge in [-0.2, -0.15) is 38.0 Å². The number of aromatic amines is 4. The number of fused-ring (bicyclic) bond motifs is 4. The van der Waals surface area contributed by atoms with Crippen molar-refractivity contribution in [3.8, 4) is 102 Å². The average Bonchev–Trinajstić information content (AvgIpc) is 1.66. The molecular weight excluding hydrogens is 1510 g/mol. The molecule has 0 bridgehead atoms. The quantitative estimate of drug-likeness (QED) is 0.0443. The SMILES string of the molecule is CC(C)n1ccc(-c2[nH]c(-c3ccc(C(N)=O)cc3)nc2-c2ccc3nccnc3c2)n1.CC(C)n1ccc(-c2[nH]cnc2-c2ccc3nccnc3c2)n1.Cc1cccc(CCc2nc(-c3ccc4nccnc4c3)c(-c3ccn(C(F)F)n3)[nH]2)c1.Cc1cccc(CCc2nc(-c3ccc4nccnc4c3)c(-c3ccn(C(F)F)n3)[nH]2)c1. The Kier molecular flexibility index (Phi) is 22.5. The van der Waals surface area contributed by atoms with Gasteiger partial charge >= 0.3 is 13.1 Å². The van der Waals surface area contributed by atoms with Crippen molar-refractivity contribution in [2.45, 2.75) is 92.4 Å². The number of halogens is 4. The standard InChI is InChI=1S/2C24H20F2N6.C24H21N7O.C17H16N6/c2*1-15-3-2-4-16(13-15)5-8-21-29-22(17-6-7-18-20(14-17)28-11-10-27-18)23(30-21)19-9-12-32(31-19)24(25)26;1-14(2)31-12-9-19(30-31)22-21(17-7-8-18-20(13-17)27-11-10-26-18)28-24(29-22)16-5-3-15(4-6-16)23(25)32;1-11(2)23-8-5-14(22-23)17-16(20-10-21-17)12-3-4-13-15(9-12)19-7-6-18-13/h2*2-4,6-7,9-14,24H,5,8H2,1H3,(H,29,30);3-14H,1-2H3,(H2,25,32)(H,28,29);3-11H,1-2H3,(H,20,21). The van der Waals surface area contributed by atoms with Gasteiger partial charge in [-0.25, -0.2) is 29.3 Å². The number of amides is 1. The summed E-state index contributed by atoms with van der Waals surface area (Å²) in [5.74, 6) is 1.74. The van der Waals surface area contributed by atoms with Crippen molar-refractivity contribution < 1.29 is 22.4 Å². The van der Waals surface area contributed by atoms with E-state index in [2.05, 4.69) is 158 Å². The normalized spacial score (nSPS) is 11.4. The number of nitrogens with zero attached hydrogens (tertiary/aromatic N) is 20. The maximum atomic E-state index is 13.1. The Hall–Kier alpha value is -15.2. The van der Waals surface area contributed by atoms with E-state index < -0.39 is 19.0 Å². The number of nitrogens with one attached hydrogen (secondary N) is 4. The van der Waals surface area contributed by atoms with Crippen molar-refractivity contribution in [3.63, 3.8) is 0 Å². The minimum atomic E-state index is -2.70. The lowest BCUT2D eigenvalue weighted by Crippen LogP contribution is -2.10. The first-order chi connectivity index (χ1) is 57.8. The number of benzene rings is 7. The maximum absolute atomic E-state index is 13.1. The zero-order valence-corrected chi connectivity index (χ0v) is 65.3. The van der Waals surface area contributed by atoms with E-state index in [0.717, 1.165) is 131 Å². The zero-order valence-electron chi connectivity index (χ0n) is 65.3. The first-order valence-corrected chi connectivity index (χ1v) is 38.3. The number of carbonyl (C=O) groups excluding carboxylic acids is 1. The molecule has 30 heteroatoms. The van der Waals surface area contributed by atoms with Crippen LogP contribution >= 0.6 is 0 Å². The molecular formula is C89H77F4N25O. The summed E-state index contributed by atoms with van der Waals surface area (Å²) in [6.07, 6.45) is 24.4. The van der Waals surface area contributed by atoms with E-state index in [1.54, 1.807) is 80.2 Å². The second-order valence-corrected chi connectivity index (χ2v) is 28.7. The molecule has 0 fully saturated rings. The molecule has 0 unspecified atom stereocenters. The summed E-state index contributed by atoms with van der Waals surface area (Å²) in [6, 6.07) is 54.6. The Morgan fingerprint density at radius 1 is 0.361 bits per heavy atom. The van der Waals surface area contributed by atoms with Gasteiger partial charge in [-0.1, -0.05) is 96.1 Å². The number of alkyl halides is 4. The van der Waals surface area contributed by atoms with Crippen LogP contribution in [0, 0.1) is 13.8 Å². The number of hydrogen-bond acceptors (Lipinski definition) is 17. The summed E-state index contributed by atoms with van der Waals surface area (Å²) in [5, 5.41) is 17.4. The Balaban J connectivity index is 0.000000119. The van der Waals surface area contributed by atoms with Crippen molar-refractivity contribution in [2.75, 3.05) is 0 Å². The van der Waals surface area contributed by atoms with Crippen LogP contribution in [-0.4, -0.2) is 125 Å². The fourth-order valence-electron chi connectivity index (χ4n) is 13.7. The van der Waals surface area contributed by atoms with Gasteiger partial charge in [-0.15, -0.1) is 0 Å². The van der Waals surface area contributed by atoms with Gasteiger partial charge in [0, 0.05) is 133 Å². The molecule has 19 aromatic rings. The van der Waals surface area contributed by atoms with Gasteiger partial charge in [-0.3, -0.25) is 54.0 Å². The topological polar surface area (TPSA) is 332 Å². The molecule has 7 aromatic carbocycles. The fraction of sp³-hybridized carbons (Fsp3) is 0.157. The Bertz CT molecular complexity index is 6570. The smallest absolute Gasteiger partial charge is 0.333 e. The van der Waals surface area contributed by atoms with Crippen LogP contribution in [0.25, 0.3) is 146 Å². The fourth-order valence-corrected chi connectivity index (χ4v) is 13.7.